The molecule has 3 fully saturated rings. The number of hydrogen-bond acceptors (Lipinski definition) is 4. The van der Waals surface area contributed by atoms with Gasteiger partial charge in [-0.2, -0.15) is 0 Å². The van der Waals surface area contributed by atoms with Crippen molar-refractivity contribution in [2.75, 3.05) is 6.61 Å². The number of halogens is 2. The second-order valence-electron chi connectivity index (χ2n) is 8.35. The van der Waals surface area contributed by atoms with Crippen molar-refractivity contribution in [2.24, 2.45) is 0 Å². The first-order valence-electron chi connectivity index (χ1n) is 9.54. The molecule has 3 aliphatic rings. The van der Waals surface area contributed by atoms with Gasteiger partial charge in [-0.3, -0.25) is 4.79 Å². The van der Waals surface area contributed by atoms with Crippen molar-refractivity contribution in [3.05, 3.63) is 64.4 Å². The smallest absolute Gasteiger partial charge is 0.258 e. The highest BCUT2D eigenvalue weighted by Gasteiger charge is 2.69. The van der Waals surface area contributed by atoms with Crippen molar-refractivity contribution >= 4 is 27.5 Å². The van der Waals surface area contributed by atoms with Crippen LogP contribution in [0.4, 0.5) is 4.39 Å². The Bertz CT molecular complexity index is 1090. The summed E-state index contributed by atoms with van der Waals surface area (Å²) < 4.78 is 46.6. The van der Waals surface area contributed by atoms with Crippen LogP contribution in [0, 0.1) is 12.7 Å². The average molecular weight is 453 g/mol. The van der Waals surface area contributed by atoms with Crippen LogP contribution < -0.4 is 14.8 Å². The molecule has 5 rings (SSSR count). The van der Waals surface area contributed by atoms with Crippen LogP contribution in [0.25, 0.3) is 0 Å². The molecule has 0 radical (unpaired) electrons. The van der Waals surface area contributed by atoms with Crippen molar-refractivity contribution < 1.29 is 22.3 Å². The van der Waals surface area contributed by atoms with Gasteiger partial charge in [0.05, 0.1) is 10.8 Å². The average Bonchev–Trinajstić information content (AvgIpc) is 2.59. The minimum Gasteiger partial charge on any atom is -0.484 e. The molecule has 3 saturated carbocycles. The van der Waals surface area contributed by atoms with Crippen LogP contribution in [0.3, 0.4) is 0 Å². The summed E-state index contributed by atoms with van der Waals surface area (Å²) in [5.74, 6) is -0.804. The molecule has 2 aromatic carbocycles. The zero-order valence-electron chi connectivity index (χ0n) is 16.4. The third-order valence-corrected chi connectivity index (χ3v) is 7.27. The maximum atomic E-state index is 13.4. The molecule has 2 N–H and O–H groups in total. The Morgan fingerprint density at radius 1 is 1.17 bits per heavy atom. The van der Waals surface area contributed by atoms with Crippen LogP contribution in [-0.4, -0.2) is 32.0 Å². The molecular weight excluding hydrogens is 431 g/mol. The van der Waals surface area contributed by atoms with Crippen molar-refractivity contribution in [1.82, 2.24) is 10.0 Å². The summed E-state index contributed by atoms with van der Waals surface area (Å²) in [5, 5.41) is 2.89. The minimum atomic E-state index is -3.47. The Morgan fingerprint density at radius 3 is 2.57 bits per heavy atom. The van der Waals surface area contributed by atoms with E-state index in [0.29, 0.717) is 19.3 Å². The van der Waals surface area contributed by atoms with E-state index in [1.807, 2.05) is 25.1 Å². The topological polar surface area (TPSA) is 84.5 Å². The fourth-order valence-electron chi connectivity index (χ4n) is 4.46. The lowest BCUT2D eigenvalue weighted by Crippen LogP contribution is -2.83. The van der Waals surface area contributed by atoms with Gasteiger partial charge in [0.2, 0.25) is 10.0 Å². The summed E-state index contributed by atoms with van der Waals surface area (Å²) >= 11 is 5.61. The summed E-state index contributed by atoms with van der Waals surface area (Å²) in [6.45, 7) is 1.67. The van der Waals surface area contributed by atoms with E-state index in [-0.39, 0.29) is 29.0 Å². The van der Waals surface area contributed by atoms with Crippen molar-refractivity contribution in [2.45, 2.75) is 43.0 Å². The monoisotopic (exact) mass is 452 g/mol. The summed E-state index contributed by atoms with van der Waals surface area (Å²) in [7, 11) is -3.47. The van der Waals surface area contributed by atoms with E-state index >= 15 is 0 Å². The maximum absolute atomic E-state index is 13.4. The molecule has 0 spiro atoms. The first kappa shape index (κ1) is 21.1. The molecule has 3 aliphatic carbocycles. The Labute approximate surface area is 179 Å². The summed E-state index contributed by atoms with van der Waals surface area (Å²) in [6, 6.07) is 11.4. The van der Waals surface area contributed by atoms with E-state index in [2.05, 4.69) is 10.0 Å². The number of sulfonamides is 1. The van der Waals surface area contributed by atoms with Crippen LogP contribution in [0.1, 0.15) is 30.4 Å². The third kappa shape index (κ3) is 4.45. The molecule has 0 unspecified atom stereocenters. The Balaban J connectivity index is 1.25. The zero-order valence-corrected chi connectivity index (χ0v) is 17.9. The normalized spacial score (nSPS) is 24.5. The summed E-state index contributed by atoms with van der Waals surface area (Å²) in [4.78, 5) is 12.2. The van der Waals surface area contributed by atoms with Crippen LogP contribution in [0.5, 0.6) is 5.75 Å². The highest BCUT2D eigenvalue weighted by Crippen LogP contribution is 2.60. The van der Waals surface area contributed by atoms with Gasteiger partial charge >= 0.3 is 0 Å². The van der Waals surface area contributed by atoms with Crippen molar-refractivity contribution in [3.8, 4) is 5.75 Å². The molecule has 160 valence electrons. The number of ether oxygens (including phenoxy) is 1. The first-order chi connectivity index (χ1) is 14.1. The predicted molar refractivity (Wildman–Crippen MR) is 111 cm³/mol. The number of rotatable bonds is 8. The van der Waals surface area contributed by atoms with Gasteiger partial charge in [-0.25, -0.2) is 17.5 Å². The molecule has 0 atom stereocenters. The molecule has 0 aliphatic heterocycles. The highest BCUT2D eigenvalue weighted by molar-refractivity contribution is 7.88. The lowest BCUT2D eigenvalue weighted by Gasteiger charge is -2.70. The zero-order chi connectivity index (χ0) is 21.6. The summed E-state index contributed by atoms with van der Waals surface area (Å²) in [5.41, 5.74) is 0.888. The van der Waals surface area contributed by atoms with Gasteiger partial charge in [0.15, 0.2) is 6.61 Å². The number of carbonyl (C=O) groups excluding carboxylic acids is 1. The Kier molecular flexibility index (Phi) is 5.28. The number of nitrogens with one attached hydrogen (secondary N) is 2. The van der Waals surface area contributed by atoms with Crippen molar-refractivity contribution in [1.29, 1.82) is 0 Å². The molecule has 0 aromatic heterocycles. The fraction of sp³-hybridized carbons (Fsp3) is 0.381. The largest absolute Gasteiger partial charge is 0.484 e. The highest BCUT2D eigenvalue weighted by atomic mass is 35.5. The van der Waals surface area contributed by atoms with E-state index in [0.717, 1.165) is 17.2 Å². The minimum absolute atomic E-state index is 0.0178. The first-order valence-corrected chi connectivity index (χ1v) is 11.6. The van der Waals surface area contributed by atoms with E-state index < -0.39 is 26.9 Å². The molecule has 2 aromatic rings. The van der Waals surface area contributed by atoms with Gasteiger partial charge in [0.1, 0.15) is 11.6 Å². The van der Waals surface area contributed by atoms with E-state index in [4.69, 9.17) is 16.3 Å². The number of aryl methyl sites for hydroxylation is 1. The molecular formula is C21H22ClFN2O4S. The molecule has 1 amide bonds. The van der Waals surface area contributed by atoms with Gasteiger partial charge in [-0.15, -0.1) is 0 Å². The lowest BCUT2D eigenvalue weighted by atomic mass is 9.44. The molecule has 2 bridgehead atoms. The molecule has 30 heavy (non-hydrogen) atoms. The predicted octanol–water partition coefficient (Wildman–Crippen LogP) is 3.08. The number of carbonyl (C=O) groups is 1. The maximum Gasteiger partial charge on any atom is 0.258 e. The van der Waals surface area contributed by atoms with E-state index in [1.54, 1.807) is 6.07 Å². The molecule has 9 heteroatoms. The number of benzene rings is 2. The second kappa shape index (κ2) is 7.51. The molecule has 0 saturated heterocycles. The van der Waals surface area contributed by atoms with Crippen LogP contribution >= 0.6 is 11.6 Å². The van der Waals surface area contributed by atoms with Crippen LogP contribution in [0.15, 0.2) is 42.5 Å². The lowest BCUT2D eigenvalue weighted by molar-refractivity contribution is -0.139. The van der Waals surface area contributed by atoms with E-state index in [9.17, 15) is 17.6 Å². The van der Waals surface area contributed by atoms with Gasteiger partial charge < -0.3 is 10.1 Å². The Morgan fingerprint density at radius 2 is 1.90 bits per heavy atom. The van der Waals surface area contributed by atoms with Gasteiger partial charge in [0, 0.05) is 17.1 Å². The van der Waals surface area contributed by atoms with Crippen LogP contribution in [0.2, 0.25) is 5.02 Å². The van der Waals surface area contributed by atoms with E-state index in [1.165, 1.54) is 12.1 Å². The number of hydrogen-bond donors (Lipinski definition) is 2. The second-order valence-corrected chi connectivity index (χ2v) is 10.5. The van der Waals surface area contributed by atoms with Crippen LogP contribution in [-0.2, 0) is 20.6 Å². The molecule has 0 heterocycles. The van der Waals surface area contributed by atoms with Gasteiger partial charge in [-0.05, 0) is 43.9 Å². The Hall–Kier alpha value is -2.16. The van der Waals surface area contributed by atoms with Gasteiger partial charge in [-0.1, -0.05) is 41.4 Å². The fourth-order valence-corrected chi connectivity index (χ4v) is 6.15. The SMILES string of the molecule is Cc1cccc(CS(=O)(=O)NC23CC(NC(=O)COc4ccc(Cl)c(F)c4)(C2)C3)c1. The van der Waals surface area contributed by atoms with Crippen molar-refractivity contribution in [3.63, 3.8) is 0 Å². The number of amides is 1. The van der Waals surface area contributed by atoms with Gasteiger partial charge in [0.25, 0.3) is 5.91 Å². The third-order valence-electron chi connectivity index (χ3n) is 5.51. The standard InChI is InChI=1S/C21H22ClFN2O4S/c1-14-3-2-4-15(7-14)10-30(27,28)25-21-11-20(12-21,13-21)24-19(26)9-29-16-5-6-17(22)18(23)8-16/h2-8,25H,9-13H2,1H3,(H,24,26). The quantitative estimate of drug-likeness (QED) is 0.644. The summed E-state index contributed by atoms with van der Waals surface area (Å²) in [6.07, 6.45) is 1.65. The molecule has 6 nitrogen and oxygen atoms in total.